The number of nitrogens with two attached hydrogens (primary N) is 1. The standard InChI is InChI=1S/C16H19N3OS/c1-3-12-6-4-5-11(2)16(12)19-14(20)10-21-15-8-7-13(17)9-18-15/h4-9H,3,10,17H2,1-2H3,(H,19,20). The zero-order valence-electron chi connectivity index (χ0n) is 12.2. The molecule has 1 aromatic carbocycles. The number of aryl methyl sites for hydroxylation is 2. The van der Waals surface area contributed by atoms with Gasteiger partial charge in [-0.05, 0) is 36.6 Å². The Morgan fingerprint density at radius 2 is 2.14 bits per heavy atom. The Kier molecular flexibility index (Phi) is 5.22. The smallest absolute Gasteiger partial charge is 0.234 e. The first kappa shape index (κ1) is 15.4. The first-order chi connectivity index (χ1) is 10.1. The van der Waals surface area contributed by atoms with Gasteiger partial charge in [0.2, 0.25) is 5.91 Å². The third kappa shape index (κ3) is 4.23. The molecule has 110 valence electrons. The Morgan fingerprint density at radius 1 is 1.33 bits per heavy atom. The summed E-state index contributed by atoms with van der Waals surface area (Å²) in [6, 6.07) is 9.65. The molecule has 0 radical (unpaired) electrons. The quantitative estimate of drug-likeness (QED) is 0.832. The first-order valence-corrected chi connectivity index (χ1v) is 7.81. The van der Waals surface area contributed by atoms with Gasteiger partial charge < -0.3 is 11.1 Å². The van der Waals surface area contributed by atoms with Gasteiger partial charge in [0.25, 0.3) is 0 Å². The van der Waals surface area contributed by atoms with Gasteiger partial charge in [-0.1, -0.05) is 36.9 Å². The molecule has 0 aliphatic carbocycles. The Morgan fingerprint density at radius 3 is 2.81 bits per heavy atom. The van der Waals surface area contributed by atoms with Gasteiger partial charge in [0.15, 0.2) is 0 Å². The summed E-state index contributed by atoms with van der Waals surface area (Å²) in [6.07, 6.45) is 2.49. The van der Waals surface area contributed by atoms with E-state index >= 15 is 0 Å². The van der Waals surface area contributed by atoms with Crippen molar-refractivity contribution in [2.24, 2.45) is 0 Å². The molecular formula is C16H19N3OS. The topological polar surface area (TPSA) is 68.0 Å². The van der Waals surface area contributed by atoms with E-state index in [4.69, 9.17) is 5.73 Å². The minimum absolute atomic E-state index is 0.0253. The van der Waals surface area contributed by atoms with Crippen LogP contribution in [0.2, 0.25) is 0 Å². The molecule has 0 aliphatic heterocycles. The lowest BCUT2D eigenvalue weighted by atomic mass is 10.1. The Balaban J connectivity index is 1.97. The number of hydrogen-bond donors (Lipinski definition) is 2. The lowest BCUT2D eigenvalue weighted by Crippen LogP contribution is -2.16. The van der Waals surface area contributed by atoms with E-state index in [0.717, 1.165) is 28.3 Å². The molecule has 1 amide bonds. The minimum atomic E-state index is -0.0253. The predicted molar refractivity (Wildman–Crippen MR) is 88.6 cm³/mol. The number of carbonyl (C=O) groups excluding carboxylic acids is 1. The van der Waals surface area contributed by atoms with Gasteiger partial charge in [0.1, 0.15) is 0 Å². The SMILES string of the molecule is CCc1cccc(C)c1NC(=O)CSc1ccc(N)cn1. The van der Waals surface area contributed by atoms with E-state index in [-0.39, 0.29) is 5.91 Å². The number of para-hydroxylation sites is 1. The number of benzene rings is 1. The summed E-state index contributed by atoms with van der Waals surface area (Å²) in [5.41, 5.74) is 9.36. The lowest BCUT2D eigenvalue weighted by molar-refractivity contribution is -0.113. The average Bonchev–Trinajstić information content (AvgIpc) is 2.49. The Labute approximate surface area is 129 Å². The van der Waals surface area contributed by atoms with Crippen molar-refractivity contribution in [2.45, 2.75) is 25.3 Å². The molecule has 0 saturated carbocycles. The maximum absolute atomic E-state index is 12.1. The molecule has 0 saturated heterocycles. The summed E-state index contributed by atoms with van der Waals surface area (Å²) in [5, 5.41) is 3.79. The number of thioether (sulfide) groups is 1. The number of anilines is 2. The highest BCUT2D eigenvalue weighted by Gasteiger charge is 2.09. The number of nitrogens with zero attached hydrogens (tertiary/aromatic N) is 1. The molecule has 1 heterocycles. The van der Waals surface area contributed by atoms with Gasteiger partial charge in [-0.3, -0.25) is 4.79 Å². The van der Waals surface area contributed by atoms with Crippen LogP contribution >= 0.6 is 11.8 Å². The number of hydrogen-bond acceptors (Lipinski definition) is 4. The number of pyridine rings is 1. The van der Waals surface area contributed by atoms with Crippen LogP contribution in [0.4, 0.5) is 11.4 Å². The zero-order chi connectivity index (χ0) is 15.2. The second kappa shape index (κ2) is 7.13. The molecule has 1 aromatic heterocycles. The van der Waals surface area contributed by atoms with Crippen molar-refractivity contribution in [1.82, 2.24) is 4.98 Å². The van der Waals surface area contributed by atoms with Crippen LogP contribution in [0.5, 0.6) is 0 Å². The van der Waals surface area contributed by atoms with Crippen LogP contribution in [0.15, 0.2) is 41.6 Å². The van der Waals surface area contributed by atoms with Crippen LogP contribution in [-0.4, -0.2) is 16.6 Å². The summed E-state index contributed by atoms with van der Waals surface area (Å²) in [7, 11) is 0. The van der Waals surface area contributed by atoms with Crippen LogP contribution in [0.25, 0.3) is 0 Å². The summed E-state index contributed by atoms with van der Waals surface area (Å²) in [4.78, 5) is 16.3. The van der Waals surface area contributed by atoms with E-state index in [1.165, 1.54) is 11.8 Å². The molecule has 0 aliphatic rings. The second-order valence-corrected chi connectivity index (χ2v) is 5.72. The van der Waals surface area contributed by atoms with Gasteiger partial charge in [-0.2, -0.15) is 0 Å². The van der Waals surface area contributed by atoms with Crippen molar-refractivity contribution in [2.75, 3.05) is 16.8 Å². The van der Waals surface area contributed by atoms with E-state index in [1.807, 2.05) is 31.2 Å². The highest BCUT2D eigenvalue weighted by atomic mass is 32.2. The number of nitrogens with one attached hydrogen (secondary N) is 1. The van der Waals surface area contributed by atoms with Crippen molar-refractivity contribution < 1.29 is 4.79 Å². The molecule has 4 nitrogen and oxygen atoms in total. The van der Waals surface area contributed by atoms with E-state index in [0.29, 0.717) is 11.4 Å². The fourth-order valence-corrected chi connectivity index (χ4v) is 2.64. The molecule has 0 spiro atoms. The number of nitrogen functional groups attached to an aromatic ring is 1. The highest BCUT2D eigenvalue weighted by Crippen LogP contribution is 2.22. The van der Waals surface area contributed by atoms with Crippen molar-refractivity contribution in [3.63, 3.8) is 0 Å². The number of rotatable bonds is 5. The van der Waals surface area contributed by atoms with Crippen LogP contribution < -0.4 is 11.1 Å². The van der Waals surface area contributed by atoms with Crippen LogP contribution in [0.1, 0.15) is 18.1 Å². The minimum Gasteiger partial charge on any atom is -0.397 e. The van der Waals surface area contributed by atoms with E-state index in [9.17, 15) is 4.79 Å². The number of carbonyl (C=O) groups is 1. The van der Waals surface area contributed by atoms with Crippen LogP contribution in [-0.2, 0) is 11.2 Å². The monoisotopic (exact) mass is 301 g/mol. The van der Waals surface area contributed by atoms with Gasteiger partial charge in [-0.15, -0.1) is 0 Å². The second-order valence-electron chi connectivity index (χ2n) is 4.73. The fraction of sp³-hybridized carbons (Fsp3) is 0.250. The van der Waals surface area contributed by atoms with Crippen molar-refractivity contribution in [3.8, 4) is 0 Å². The number of aromatic nitrogens is 1. The molecule has 2 aromatic rings. The lowest BCUT2D eigenvalue weighted by Gasteiger charge is -2.12. The summed E-state index contributed by atoms with van der Waals surface area (Å²) >= 11 is 1.40. The number of amides is 1. The van der Waals surface area contributed by atoms with Crippen molar-refractivity contribution >= 4 is 29.0 Å². The molecular weight excluding hydrogens is 282 g/mol. The van der Waals surface area contributed by atoms with Gasteiger partial charge in [0, 0.05) is 5.69 Å². The normalized spacial score (nSPS) is 10.4. The zero-order valence-corrected chi connectivity index (χ0v) is 13.0. The molecule has 0 fully saturated rings. The predicted octanol–water partition coefficient (Wildman–Crippen LogP) is 3.27. The van der Waals surface area contributed by atoms with E-state index in [2.05, 4.69) is 17.2 Å². The first-order valence-electron chi connectivity index (χ1n) is 6.82. The maximum Gasteiger partial charge on any atom is 0.234 e. The maximum atomic E-state index is 12.1. The molecule has 21 heavy (non-hydrogen) atoms. The van der Waals surface area contributed by atoms with Gasteiger partial charge in [0.05, 0.1) is 22.7 Å². The largest absolute Gasteiger partial charge is 0.397 e. The third-order valence-corrected chi connectivity index (χ3v) is 4.06. The Hall–Kier alpha value is -2.01. The van der Waals surface area contributed by atoms with Crippen LogP contribution in [0.3, 0.4) is 0 Å². The summed E-state index contributed by atoms with van der Waals surface area (Å²) < 4.78 is 0. The van der Waals surface area contributed by atoms with Crippen molar-refractivity contribution in [1.29, 1.82) is 0 Å². The molecule has 3 N–H and O–H groups in total. The fourth-order valence-electron chi connectivity index (χ4n) is 1.99. The van der Waals surface area contributed by atoms with Gasteiger partial charge in [-0.25, -0.2) is 4.98 Å². The third-order valence-electron chi connectivity index (χ3n) is 3.11. The van der Waals surface area contributed by atoms with Gasteiger partial charge >= 0.3 is 0 Å². The highest BCUT2D eigenvalue weighted by molar-refractivity contribution is 7.99. The molecule has 5 heteroatoms. The van der Waals surface area contributed by atoms with Crippen LogP contribution in [0, 0.1) is 6.92 Å². The van der Waals surface area contributed by atoms with Crippen molar-refractivity contribution in [3.05, 3.63) is 47.7 Å². The molecule has 0 unspecified atom stereocenters. The average molecular weight is 301 g/mol. The van der Waals surface area contributed by atoms with E-state index < -0.39 is 0 Å². The summed E-state index contributed by atoms with van der Waals surface area (Å²) in [5.74, 6) is 0.302. The summed E-state index contributed by atoms with van der Waals surface area (Å²) in [6.45, 7) is 4.08. The Bertz CT molecular complexity index is 626. The molecule has 0 bridgehead atoms. The van der Waals surface area contributed by atoms with E-state index in [1.54, 1.807) is 12.3 Å². The molecule has 0 atom stereocenters. The molecule has 2 rings (SSSR count).